The van der Waals surface area contributed by atoms with Gasteiger partial charge in [-0.2, -0.15) is 15.6 Å². The summed E-state index contributed by atoms with van der Waals surface area (Å²) in [4.78, 5) is 3.91. The predicted molar refractivity (Wildman–Crippen MR) is 63.4 cm³/mol. The maximum Gasteiger partial charge on any atom is 0.176 e. The summed E-state index contributed by atoms with van der Waals surface area (Å²) in [5.74, 6) is 0. The summed E-state index contributed by atoms with van der Waals surface area (Å²) in [6.45, 7) is 5.20. The number of aromatic nitrogens is 4. The molecule has 0 aromatic carbocycles. The van der Waals surface area contributed by atoms with Crippen molar-refractivity contribution in [1.82, 2.24) is 19.3 Å². The van der Waals surface area contributed by atoms with E-state index in [1.165, 1.54) is 6.33 Å². The molecule has 6 nitrogen and oxygen atoms in total. The molecule has 18 heavy (non-hydrogen) atoms. The van der Waals surface area contributed by atoms with Crippen molar-refractivity contribution >= 4 is 0 Å². The van der Waals surface area contributed by atoms with Crippen LogP contribution in [0, 0.1) is 29.6 Å². The molecule has 0 aliphatic carbocycles. The topological polar surface area (TPSA) is 83.2 Å². The van der Waals surface area contributed by atoms with Crippen molar-refractivity contribution in [2.24, 2.45) is 0 Å². The molecule has 0 unspecified atom stereocenters. The van der Waals surface area contributed by atoms with Crippen LogP contribution in [0.2, 0.25) is 0 Å². The molecule has 0 bridgehead atoms. The Morgan fingerprint density at radius 3 is 2.72 bits per heavy atom. The van der Waals surface area contributed by atoms with E-state index in [1.54, 1.807) is 4.57 Å². The highest BCUT2D eigenvalue weighted by atomic mass is 15.3. The lowest BCUT2D eigenvalue weighted by molar-refractivity contribution is 0.595. The lowest BCUT2D eigenvalue weighted by Gasteiger charge is -2.05. The van der Waals surface area contributed by atoms with Crippen LogP contribution in [0.25, 0.3) is 0 Å². The molecule has 0 atom stereocenters. The minimum Gasteiger partial charge on any atom is -0.315 e. The van der Waals surface area contributed by atoms with Crippen LogP contribution in [0.3, 0.4) is 0 Å². The van der Waals surface area contributed by atoms with Crippen molar-refractivity contribution in [3.05, 3.63) is 35.2 Å². The molecule has 0 fully saturated rings. The zero-order valence-electron chi connectivity index (χ0n) is 10.3. The third-order valence-electron chi connectivity index (χ3n) is 2.67. The van der Waals surface area contributed by atoms with E-state index in [-0.39, 0.29) is 5.69 Å². The van der Waals surface area contributed by atoms with Gasteiger partial charge in [0.25, 0.3) is 0 Å². The van der Waals surface area contributed by atoms with Gasteiger partial charge in [-0.15, -0.1) is 0 Å². The molecule has 0 spiro atoms. The minimum atomic E-state index is 0.164. The number of hydrogen-bond donors (Lipinski definition) is 0. The standard InChI is InChI=1S/C12H12N6/c1-3-18-10(4-9(2)16-18)7-17-8-15-11(5-13)12(17)6-14/h4,8H,3,7H2,1-2H3. The number of rotatable bonds is 3. The average Bonchev–Trinajstić information content (AvgIpc) is 2.92. The Hall–Kier alpha value is -2.60. The zero-order chi connectivity index (χ0) is 13.1. The first-order valence-electron chi connectivity index (χ1n) is 5.58. The summed E-state index contributed by atoms with van der Waals surface area (Å²) in [6.07, 6.45) is 1.51. The molecule has 2 aromatic heterocycles. The van der Waals surface area contributed by atoms with Crippen LogP contribution in [-0.2, 0) is 13.1 Å². The number of nitrogens with zero attached hydrogens (tertiary/aromatic N) is 6. The number of hydrogen-bond acceptors (Lipinski definition) is 4. The van der Waals surface area contributed by atoms with Gasteiger partial charge in [-0.25, -0.2) is 4.98 Å². The SMILES string of the molecule is CCn1nc(C)cc1Cn1cnc(C#N)c1C#N. The van der Waals surface area contributed by atoms with Crippen molar-refractivity contribution in [1.29, 1.82) is 10.5 Å². The Morgan fingerprint density at radius 2 is 2.11 bits per heavy atom. The van der Waals surface area contributed by atoms with Crippen LogP contribution in [0.1, 0.15) is 29.7 Å². The smallest absolute Gasteiger partial charge is 0.176 e. The summed E-state index contributed by atoms with van der Waals surface area (Å²) in [7, 11) is 0. The first-order valence-corrected chi connectivity index (χ1v) is 5.58. The highest BCUT2D eigenvalue weighted by molar-refractivity contribution is 5.36. The van der Waals surface area contributed by atoms with Crippen LogP contribution in [0.5, 0.6) is 0 Å². The molecule has 0 saturated carbocycles. The van der Waals surface area contributed by atoms with Gasteiger partial charge in [0, 0.05) is 6.54 Å². The molecule has 0 N–H and O–H groups in total. The molecule has 2 rings (SSSR count). The quantitative estimate of drug-likeness (QED) is 0.807. The Balaban J connectivity index is 2.38. The molecule has 0 aliphatic rings. The molecule has 0 radical (unpaired) electrons. The van der Waals surface area contributed by atoms with E-state index >= 15 is 0 Å². The summed E-state index contributed by atoms with van der Waals surface area (Å²) in [6, 6.07) is 5.89. The van der Waals surface area contributed by atoms with Crippen LogP contribution in [0.15, 0.2) is 12.4 Å². The first kappa shape index (κ1) is 11.9. The number of imidazole rings is 1. The fourth-order valence-corrected chi connectivity index (χ4v) is 1.88. The number of aryl methyl sites for hydroxylation is 2. The lowest BCUT2D eigenvalue weighted by Crippen LogP contribution is -2.08. The van der Waals surface area contributed by atoms with E-state index in [0.717, 1.165) is 17.9 Å². The van der Waals surface area contributed by atoms with Gasteiger partial charge < -0.3 is 4.57 Å². The summed E-state index contributed by atoms with van der Waals surface area (Å²) in [5.41, 5.74) is 2.38. The monoisotopic (exact) mass is 240 g/mol. The molecule has 2 heterocycles. The third-order valence-corrected chi connectivity index (χ3v) is 2.67. The molecule has 90 valence electrons. The van der Waals surface area contributed by atoms with E-state index in [9.17, 15) is 0 Å². The van der Waals surface area contributed by atoms with Gasteiger partial charge in [0.1, 0.15) is 12.1 Å². The molecular formula is C12H12N6. The van der Waals surface area contributed by atoms with Gasteiger partial charge in [0.05, 0.1) is 24.3 Å². The second kappa shape index (κ2) is 4.72. The summed E-state index contributed by atoms with van der Waals surface area (Å²) in [5, 5.41) is 22.2. The van der Waals surface area contributed by atoms with Crippen molar-refractivity contribution in [2.45, 2.75) is 26.9 Å². The highest BCUT2D eigenvalue weighted by Crippen LogP contribution is 2.10. The molecule has 0 aliphatic heterocycles. The zero-order valence-corrected chi connectivity index (χ0v) is 10.3. The highest BCUT2D eigenvalue weighted by Gasteiger charge is 2.12. The van der Waals surface area contributed by atoms with Crippen molar-refractivity contribution < 1.29 is 0 Å². The lowest BCUT2D eigenvalue weighted by atomic mass is 10.3. The second-order valence-electron chi connectivity index (χ2n) is 3.89. The van der Waals surface area contributed by atoms with Crippen molar-refractivity contribution in [3.63, 3.8) is 0 Å². The van der Waals surface area contributed by atoms with Gasteiger partial charge in [0.2, 0.25) is 0 Å². The maximum absolute atomic E-state index is 9.04. The van der Waals surface area contributed by atoms with E-state index in [4.69, 9.17) is 10.5 Å². The van der Waals surface area contributed by atoms with Gasteiger partial charge >= 0.3 is 0 Å². The molecular weight excluding hydrogens is 228 g/mol. The predicted octanol–water partition coefficient (Wildman–Crippen LogP) is 1.20. The van der Waals surface area contributed by atoms with Crippen molar-refractivity contribution in [2.75, 3.05) is 0 Å². The van der Waals surface area contributed by atoms with Crippen LogP contribution in [-0.4, -0.2) is 19.3 Å². The van der Waals surface area contributed by atoms with E-state index in [2.05, 4.69) is 10.1 Å². The van der Waals surface area contributed by atoms with Crippen LogP contribution in [0.4, 0.5) is 0 Å². The molecule has 0 saturated heterocycles. The average molecular weight is 240 g/mol. The number of nitriles is 2. The Morgan fingerprint density at radius 1 is 1.33 bits per heavy atom. The van der Waals surface area contributed by atoms with Crippen LogP contribution < -0.4 is 0 Å². The Bertz CT molecular complexity index is 649. The van der Waals surface area contributed by atoms with E-state index in [1.807, 2.05) is 36.7 Å². The van der Waals surface area contributed by atoms with Crippen molar-refractivity contribution in [3.8, 4) is 12.1 Å². The van der Waals surface area contributed by atoms with Gasteiger partial charge in [-0.1, -0.05) is 0 Å². The van der Waals surface area contributed by atoms with E-state index < -0.39 is 0 Å². The third kappa shape index (κ3) is 1.96. The molecule has 6 heteroatoms. The summed E-state index contributed by atoms with van der Waals surface area (Å²) < 4.78 is 3.55. The maximum atomic E-state index is 9.04. The van der Waals surface area contributed by atoms with Gasteiger partial charge in [0.15, 0.2) is 11.4 Å². The second-order valence-corrected chi connectivity index (χ2v) is 3.89. The molecule has 2 aromatic rings. The first-order chi connectivity index (χ1) is 8.69. The van der Waals surface area contributed by atoms with Gasteiger partial charge in [-0.3, -0.25) is 4.68 Å². The Labute approximate surface area is 105 Å². The largest absolute Gasteiger partial charge is 0.315 e. The fraction of sp³-hybridized carbons (Fsp3) is 0.333. The Kier molecular flexibility index (Phi) is 3.11. The van der Waals surface area contributed by atoms with E-state index in [0.29, 0.717) is 12.2 Å². The molecule has 0 amide bonds. The van der Waals surface area contributed by atoms with Crippen LogP contribution >= 0.6 is 0 Å². The summed E-state index contributed by atoms with van der Waals surface area (Å²) >= 11 is 0. The van der Waals surface area contributed by atoms with Gasteiger partial charge in [-0.05, 0) is 19.9 Å². The normalized spacial score (nSPS) is 10.0. The minimum absolute atomic E-state index is 0.164. The fourth-order valence-electron chi connectivity index (χ4n) is 1.88.